The number of aryl methyl sites for hydroxylation is 1. The molecular formula is C29H27ClN4O5. The van der Waals surface area contributed by atoms with E-state index >= 15 is 0 Å². The number of fused-ring (bicyclic) bond motifs is 2. The first kappa shape index (κ1) is 26.5. The predicted octanol–water partition coefficient (Wildman–Crippen LogP) is 4.11. The van der Waals surface area contributed by atoms with Crippen molar-refractivity contribution < 1.29 is 19.1 Å². The number of carbonyl (C=O) groups excluding carboxylic acids is 2. The molecule has 0 bridgehead atoms. The second-order valence-electron chi connectivity index (χ2n) is 9.22. The van der Waals surface area contributed by atoms with Crippen LogP contribution in [0.15, 0.2) is 64.5 Å². The zero-order chi connectivity index (χ0) is 27.5. The van der Waals surface area contributed by atoms with Crippen molar-refractivity contribution in [2.24, 2.45) is 4.99 Å². The van der Waals surface area contributed by atoms with Crippen molar-refractivity contribution in [2.75, 3.05) is 13.2 Å². The molecule has 1 aromatic carbocycles. The summed E-state index contributed by atoms with van der Waals surface area (Å²) >= 11 is 5.95. The van der Waals surface area contributed by atoms with E-state index in [1.807, 2.05) is 13.0 Å². The first-order valence-corrected chi connectivity index (χ1v) is 13.1. The third kappa shape index (κ3) is 5.55. The standard InChI is InChI=1S/C29H27ClN4O5/c1-3-38-29(37)23-16-22-26(32-25-18(2)6-4-14-33(25)28(22)36)34(17-21-7-5-15-39-21)27(23)31-24(35)13-10-19-8-11-20(30)12-9-19/h4,6,8-14,16,21H,3,5,7,15,17H2,1-2H3. The molecular weight excluding hydrogens is 520 g/mol. The van der Waals surface area contributed by atoms with Gasteiger partial charge in [-0.15, -0.1) is 0 Å². The minimum absolute atomic E-state index is 0.00194. The second-order valence-corrected chi connectivity index (χ2v) is 9.66. The van der Waals surface area contributed by atoms with Gasteiger partial charge in [-0.1, -0.05) is 29.8 Å². The molecule has 1 saturated heterocycles. The molecule has 3 aromatic heterocycles. The van der Waals surface area contributed by atoms with E-state index in [-0.39, 0.29) is 41.3 Å². The van der Waals surface area contributed by atoms with Crippen LogP contribution in [0.3, 0.4) is 0 Å². The maximum absolute atomic E-state index is 13.6. The lowest BCUT2D eigenvalue weighted by atomic mass is 10.1. The van der Waals surface area contributed by atoms with Crippen LogP contribution in [0.5, 0.6) is 0 Å². The van der Waals surface area contributed by atoms with E-state index in [1.165, 1.54) is 16.5 Å². The van der Waals surface area contributed by atoms with Crippen LogP contribution in [-0.2, 0) is 20.8 Å². The van der Waals surface area contributed by atoms with Gasteiger partial charge in [-0.3, -0.25) is 14.0 Å². The van der Waals surface area contributed by atoms with Gasteiger partial charge < -0.3 is 14.0 Å². The van der Waals surface area contributed by atoms with Crippen molar-refractivity contribution in [3.05, 3.63) is 92.3 Å². The Morgan fingerprint density at radius 1 is 1.23 bits per heavy atom. The Labute approximate surface area is 229 Å². The number of esters is 1. The Morgan fingerprint density at radius 2 is 2.03 bits per heavy atom. The number of ether oxygens (including phenoxy) is 2. The lowest BCUT2D eigenvalue weighted by Crippen LogP contribution is -2.35. The number of aromatic nitrogens is 3. The number of nitrogens with zero attached hydrogens (tertiary/aromatic N) is 4. The first-order chi connectivity index (χ1) is 18.9. The van der Waals surface area contributed by atoms with Crippen molar-refractivity contribution in [3.63, 3.8) is 0 Å². The van der Waals surface area contributed by atoms with Crippen molar-refractivity contribution in [3.8, 4) is 0 Å². The number of pyridine rings is 2. The quantitative estimate of drug-likeness (QED) is 0.205. The fourth-order valence-corrected chi connectivity index (χ4v) is 4.74. The number of rotatable bonds is 6. The summed E-state index contributed by atoms with van der Waals surface area (Å²) in [7, 11) is 0. The number of halogens is 1. The Hall–Kier alpha value is -4.08. The summed E-state index contributed by atoms with van der Waals surface area (Å²) < 4.78 is 14.2. The molecule has 1 fully saturated rings. The van der Waals surface area contributed by atoms with Crippen molar-refractivity contribution >= 4 is 46.2 Å². The van der Waals surface area contributed by atoms with Crippen LogP contribution in [0.25, 0.3) is 22.8 Å². The Morgan fingerprint density at radius 3 is 2.74 bits per heavy atom. The number of hydrogen-bond donors (Lipinski definition) is 0. The van der Waals surface area contributed by atoms with Crippen LogP contribution in [0.2, 0.25) is 5.02 Å². The molecule has 1 aliphatic rings. The van der Waals surface area contributed by atoms with E-state index in [4.69, 9.17) is 26.1 Å². The molecule has 1 atom stereocenters. The fraction of sp³-hybridized carbons (Fsp3) is 0.276. The zero-order valence-corrected chi connectivity index (χ0v) is 22.4. The van der Waals surface area contributed by atoms with E-state index in [1.54, 1.807) is 54.1 Å². The molecule has 1 amide bonds. The topological polar surface area (TPSA) is 104 Å². The van der Waals surface area contributed by atoms with Gasteiger partial charge in [0.2, 0.25) is 0 Å². The van der Waals surface area contributed by atoms with Crippen LogP contribution in [0, 0.1) is 6.92 Å². The molecule has 0 N–H and O–H groups in total. The zero-order valence-electron chi connectivity index (χ0n) is 21.6. The van der Waals surface area contributed by atoms with Crippen molar-refractivity contribution in [2.45, 2.75) is 39.3 Å². The highest BCUT2D eigenvalue weighted by molar-refractivity contribution is 6.30. The SMILES string of the molecule is CCOC(=O)c1cc2c(=O)n3cccc(C)c3nc2n(CC2CCCO2)c1=NC(=O)C=Cc1ccc(Cl)cc1. The third-order valence-electron chi connectivity index (χ3n) is 6.52. The lowest BCUT2D eigenvalue weighted by molar-refractivity contribution is -0.113. The molecule has 39 heavy (non-hydrogen) atoms. The highest BCUT2D eigenvalue weighted by Crippen LogP contribution is 2.18. The van der Waals surface area contributed by atoms with Crippen LogP contribution in [0.4, 0.5) is 0 Å². The number of carbonyl (C=O) groups is 2. The molecule has 5 rings (SSSR count). The number of benzene rings is 1. The van der Waals surface area contributed by atoms with E-state index in [0.717, 1.165) is 24.0 Å². The average molecular weight is 547 g/mol. The lowest BCUT2D eigenvalue weighted by Gasteiger charge is -2.18. The highest BCUT2D eigenvalue weighted by atomic mass is 35.5. The van der Waals surface area contributed by atoms with Crippen molar-refractivity contribution in [1.29, 1.82) is 0 Å². The summed E-state index contributed by atoms with van der Waals surface area (Å²) in [6.07, 6.45) is 6.03. The van der Waals surface area contributed by atoms with Gasteiger partial charge in [-0.25, -0.2) is 9.78 Å². The fourth-order valence-electron chi connectivity index (χ4n) is 4.61. The molecule has 4 heterocycles. The molecule has 0 spiro atoms. The highest BCUT2D eigenvalue weighted by Gasteiger charge is 2.23. The summed E-state index contributed by atoms with van der Waals surface area (Å²) in [6, 6.07) is 12.0. The molecule has 10 heteroatoms. The Kier molecular flexibility index (Phi) is 7.72. The predicted molar refractivity (Wildman–Crippen MR) is 148 cm³/mol. The summed E-state index contributed by atoms with van der Waals surface area (Å²) in [5, 5.41) is 0.794. The van der Waals surface area contributed by atoms with Gasteiger partial charge in [0.1, 0.15) is 16.9 Å². The van der Waals surface area contributed by atoms with Gasteiger partial charge in [0.25, 0.3) is 11.5 Å². The van der Waals surface area contributed by atoms with Gasteiger partial charge >= 0.3 is 5.97 Å². The van der Waals surface area contributed by atoms with Crippen LogP contribution in [-0.4, -0.2) is 45.1 Å². The van der Waals surface area contributed by atoms with Gasteiger partial charge in [-0.05, 0) is 68.2 Å². The maximum atomic E-state index is 13.6. The van der Waals surface area contributed by atoms with Crippen molar-refractivity contribution in [1.82, 2.24) is 14.0 Å². The Balaban J connectivity index is 1.78. The molecule has 4 aromatic rings. The molecule has 0 saturated carbocycles. The summed E-state index contributed by atoms with van der Waals surface area (Å²) in [4.78, 5) is 48.9. The minimum atomic E-state index is -0.692. The van der Waals surface area contributed by atoms with Gasteiger partial charge in [0.05, 0.1) is 24.6 Å². The van der Waals surface area contributed by atoms with Crippen LogP contribution >= 0.6 is 11.6 Å². The maximum Gasteiger partial charge on any atom is 0.341 e. The smallest absolute Gasteiger partial charge is 0.341 e. The van der Waals surface area contributed by atoms with Crippen LogP contribution in [0.1, 0.15) is 41.3 Å². The van der Waals surface area contributed by atoms with E-state index in [2.05, 4.69) is 4.99 Å². The molecule has 0 aliphatic carbocycles. The van der Waals surface area contributed by atoms with Gasteiger partial charge in [0, 0.05) is 23.9 Å². The molecule has 200 valence electrons. The summed E-state index contributed by atoms with van der Waals surface area (Å²) in [5.41, 5.74) is 2.07. The monoisotopic (exact) mass is 546 g/mol. The third-order valence-corrected chi connectivity index (χ3v) is 6.77. The van der Waals surface area contributed by atoms with Crippen LogP contribution < -0.4 is 11.0 Å². The molecule has 0 radical (unpaired) electrons. The molecule has 1 unspecified atom stereocenters. The number of amides is 1. The van der Waals surface area contributed by atoms with E-state index < -0.39 is 11.9 Å². The van der Waals surface area contributed by atoms with Gasteiger partial charge in [0.15, 0.2) is 5.49 Å². The Bertz CT molecular complexity index is 1730. The first-order valence-electron chi connectivity index (χ1n) is 12.7. The minimum Gasteiger partial charge on any atom is -0.462 e. The molecule has 9 nitrogen and oxygen atoms in total. The second kappa shape index (κ2) is 11.3. The molecule has 1 aliphatic heterocycles. The van der Waals surface area contributed by atoms with E-state index in [9.17, 15) is 14.4 Å². The summed E-state index contributed by atoms with van der Waals surface area (Å²) in [6.45, 7) is 4.52. The van der Waals surface area contributed by atoms with E-state index in [0.29, 0.717) is 22.9 Å². The summed E-state index contributed by atoms with van der Waals surface area (Å²) in [5.74, 6) is -1.29. The normalized spacial score (nSPS) is 16.0. The number of hydrogen-bond acceptors (Lipinski definition) is 6. The average Bonchev–Trinajstić information content (AvgIpc) is 3.44. The van der Waals surface area contributed by atoms with Gasteiger partial charge in [-0.2, -0.15) is 4.99 Å². The largest absolute Gasteiger partial charge is 0.462 e.